The van der Waals surface area contributed by atoms with E-state index in [0.29, 0.717) is 11.1 Å². The van der Waals surface area contributed by atoms with Crippen molar-refractivity contribution in [3.63, 3.8) is 0 Å². The van der Waals surface area contributed by atoms with E-state index < -0.39 is 5.66 Å². The topological polar surface area (TPSA) is 7.76 Å². The van der Waals surface area contributed by atoms with Gasteiger partial charge in [0.2, 0.25) is 5.66 Å². The number of aromatic nitrogens is 2. The van der Waals surface area contributed by atoms with Gasteiger partial charge >= 0.3 is 0 Å². The van der Waals surface area contributed by atoms with Crippen LogP contribution in [0.1, 0.15) is 14.1 Å². The second kappa shape index (κ2) is 7.15. The molecule has 0 saturated carbocycles. The molecule has 106 valence electrons. The van der Waals surface area contributed by atoms with E-state index in [1.54, 1.807) is 0 Å². The van der Waals surface area contributed by atoms with Gasteiger partial charge in [-0.05, 0) is 12.1 Å². The van der Waals surface area contributed by atoms with Crippen molar-refractivity contribution in [3.8, 4) is 0 Å². The number of nitrogens with zero attached hydrogens (tertiary/aromatic N) is 2. The van der Waals surface area contributed by atoms with E-state index in [0.717, 1.165) is 11.4 Å². The van der Waals surface area contributed by atoms with Gasteiger partial charge in [0.15, 0.2) is 12.4 Å². The summed E-state index contributed by atoms with van der Waals surface area (Å²) in [6.07, 6.45) is 11.9. The molecule has 0 bridgehead atoms. The van der Waals surface area contributed by atoms with E-state index in [4.69, 9.17) is 9.32 Å². The molecule has 1 spiro atoms. The van der Waals surface area contributed by atoms with Crippen LogP contribution in [0.15, 0.2) is 72.1 Å². The van der Waals surface area contributed by atoms with Gasteiger partial charge in [-0.25, -0.2) is 0 Å². The fourth-order valence-electron chi connectivity index (χ4n) is 3.12. The Morgan fingerprint density at radius 3 is 2.09 bits per heavy atom. The average Bonchev–Trinajstić information content (AvgIpc) is 3.12. The first-order valence-electron chi connectivity index (χ1n) is 7.61. The molecule has 2 aliphatic rings. The number of hydrogen-bond donors (Lipinski definition) is 0. The molecule has 2 aliphatic heterocycles. The largest absolute Gasteiger partial charge is 0.360 e. The van der Waals surface area contributed by atoms with Crippen LogP contribution < -0.4 is 9.13 Å². The quantitative estimate of drug-likeness (QED) is 0.486. The SMILES string of the molecule is [3H][C-]=C([3H])C1=[C-]c2cccc[n+]2C12C(C=[CH-])=[C-]c1cccc[n+]12.[Y].[Y]. The summed E-state index contributed by atoms with van der Waals surface area (Å²) in [5.74, 6) is 0. The Morgan fingerprint density at radius 2 is 1.57 bits per heavy atom. The summed E-state index contributed by atoms with van der Waals surface area (Å²) in [6, 6.07) is 11.5. The van der Waals surface area contributed by atoms with E-state index in [2.05, 4.69) is 18.7 Å². The summed E-state index contributed by atoms with van der Waals surface area (Å²) in [6.45, 7) is 8.08. The van der Waals surface area contributed by atoms with Crippen LogP contribution in [0.5, 0.6) is 0 Å². The molecule has 1 unspecified atom stereocenters. The third-order valence-corrected chi connectivity index (χ3v) is 3.95. The summed E-state index contributed by atoms with van der Waals surface area (Å²) in [4.78, 5) is 0. The van der Waals surface area contributed by atoms with Crippen molar-refractivity contribution in [2.24, 2.45) is 0 Å². The maximum absolute atomic E-state index is 8.19. The van der Waals surface area contributed by atoms with Crippen LogP contribution in [0.3, 0.4) is 0 Å². The summed E-state index contributed by atoms with van der Waals surface area (Å²) in [7, 11) is 0. The molecule has 4 heterocycles. The Hall–Kier alpha value is -0.532. The number of allylic oxidation sites excluding steroid dienone is 4. The van der Waals surface area contributed by atoms with E-state index in [1.165, 1.54) is 6.08 Å². The normalized spacial score (nSPS) is 21.8. The molecule has 0 saturated heterocycles. The molecule has 4 heteroatoms. The van der Waals surface area contributed by atoms with Crippen molar-refractivity contribution in [2.45, 2.75) is 5.66 Å². The molecule has 0 amide bonds. The zero-order valence-electron chi connectivity index (χ0n) is 14.3. The molecular weight excluding hydrogens is 434 g/mol. The first-order chi connectivity index (χ1) is 11.2. The molecule has 2 radical (unpaired) electrons. The van der Waals surface area contributed by atoms with Gasteiger partial charge in [-0.15, -0.1) is 12.1 Å². The summed E-state index contributed by atoms with van der Waals surface area (Å²) >= 11 is 0. The molecule has 2 aromatic heterocycles. The molecular formula is C19H12N2Y2-2. The predicted octanol–water partition coefficient (Wildman–Crippen LogP) is 1.62. The maximum atomic E-state index is 8.19. The van der Waals surface area contributed by atoms with E-state index >= 15 is 0 Å². The van der Waals surface area contributed by atoms with Crippen molar-refractivity contribution < 1.29 is 77.3 Å². The smallest absolute Gasteiger partial charge is 0.248 e. The van der Waals surface area contributed by atoms with Gasteiger partial charge in [-0.2, -0.15) is 32.4 Å². The Kier molecular flexibility index (Phi) is 4.96. The molecule has 0 fully saturated rings. The standard InChI is InChI=1S/C19H12N2.2Y/c1-3-15-13-17-9-5-7-11-20(17)19(15)16(4-2)14-18-10-6-8-12-21(18)19;;/h1-12H;;/q-2;;/i1T,3T;;. The molecule has 2 aromatic rings. The Morgan fingerprint density at radius 1 is 1.00 bits per heavy atom. The van der Waals surface area contributed by atoms with Gasteiger partial charge in [0.1, 0.15) is 0 Å². The van der Waals surface area contributed by atoms with Crippen molar-refractivity contribution in [2.75, 3.05) is 0 Å². The maximum Gasteiger partial charge on any atom is 0.248 e. The number of hydrogen-bond acceptors (Lipinski definition) is 0. The van der Waals surface area contributed by atoms with Gasteiger partial charge in [-0.3, -0.25) is 0 Å². The monoisotopic (exact) mass is 450 g/mol. The van der Waals surface area contributed by atoms with E-state index in [-0.39, 0.29) is 71.5 Å². The zero-order valence-corrected chi connectivity index (χ0v) is 18.0. The third kappa shape index (κ3) is 2.46. The predicted molar refractivity (Wildman–Crippen MR) is 76.1 cm³/mol. The first kappa shape index (κ1) is 16.0. The number of fused-ring (bicyclic) bond motifs is 4. The minimum absolute atomic E-state index is 0. The molecule has 1 atom stereocenters. The fraction of sp³-hybridized carbons (Fsp3) is 0.0526. The van der Waals surface area contributed by atoms with Crippen LogP contribution in [-0.4, -0.2) is 0 Å². The second-order valence-electron chi connectivity index (χ2n) is 4.91. The van der Waals surface area contributed by atoms with Crippen LogP contribution in [0.2, 0.25) is 0 Å². The number of rotatable bonds is 2. The van der Waals surface area contributed by atoms with Gasteiger partial charge in [0, 0.05) is 65.4 Å². The van der Waals surface area contributed by atoms with Crippen LogP contribution in [-0.2, 0) is 71.1 Å². The molecule has 2 nitrogen and oxygen atoms in total. The van der Waals surface area contributed by atoms with Crippen LogP contribution in [0.25, 0.3) is 0 Å². The van der Waals surface area contributed by atoms with Crippen molar-refractivity contribution in [1.29, 1.82) is 0 Å². The van der Waals surface area contributed by atoms with Crippen LogP contribution in [0, 0.1) is 25.3 Å². The third-order valence-electron chi connectivity index (χ3n) is 3.95. The summed E-state index contributed by atoms with van der Waals surface area (Å²) in [5, 5.41) is 0. The Bertz CT molecular complexity index is 922. The van der Waals surface area contributed by atoms with Gasteiger partial charge < -0.3 is 25.3 Å². The first-order valence-corrected chi connectivity index (χ1v) is 6.61. The molecule has 0 N–H and O–H groups in total. The van der Waals surface area contributed by atoms with Gasteiger partial charge in [-0.1, -0.05) is 14.9 Å². The van der Waals surface area contributed by atoms with Crippen molar-refractivity contribution >= 4 is 0 Å². The molecule has 4 rings (SSSR count). The number of pyridine rings is 2. The average molecular weight is 450 g/mol. The summed E-state index contributed by atoms with van der Waals surface area (Å²) < 4.78 is 19.6. The zero-order chi connectivity index (χ0) is 16.0. The molecule has 23 heavy (non-hydrogen) atoms. The Labute approximate surface area is 189 Å². The van der Waals surface area contributed by atoms with E-state index in [9.17, 15) is 0 Å². The second-order valence-corrected chi connectivity index (χ2v) is 4.91. The van der Waals surface area contributed by atoms with Gasteiger partial charge in [0.25, 0.3) is 0 Å². The van der Waals surface area contributed by atoms with E-state index in [1.807, 2.05) is 57.9 Å². The molecule has 0 aliphatic carbocycles. The summed E-state index contributed by atoms with van der Waals surface area (Å²) in [5.41, 5.74) is 2.02. The van der Waals surface area contributed by atoms with Gasteiger partial charge in [0.05, 0.1) is 11.4 Å². The Balaban J connectivity index is 0.00000113. The van der Waals surface area contributed by atoms with Crippen LogP contribution in [0.4, 0.5) is 0 Å². The van der Waals surface area contributed by atoms with Crippen molar-refractivity contribution in [3.05, 3.63) is 109 Å². The minimum atomic E-state index is -0.882. The minimum Gasteiger partial charge on any atom is -0.360 e. The van der Waals surface area contributed by atoms with Crippen molar-refractivity contribution in [1.82, 2.24) is 0 Å². The molecule has 0 aromatic carbocycles. The fourth-order valence-corrected chi connectivity index (χ4v) is 3.12. The van der Waals surface area contributed by atoms with Crippen LogP contribution >= 0.6 is 0 Å².